The minimum absolute atomic E-state index is 0.117. The molecule has 98 valence electrons. The van der Waals surface area contributed by atoms with Crippen LogP contribution in [0.4, 0.5) is 5.69 Å². The highest BCUT2D eigenvalue weighted by Gasteiger charge is 2.42. The minimum atomic E-state index is -0.506. The number of hydrogen-bond acceptors (Lipinski definition) is 4. The molecular weight excluding hydrogens is 268 g/mol. The molecular formula is C12H11ClN4O2. The second kappa shape index (κ2) is 4.04. The Balaban J connectivity index is 2.00. The summed E-state index contributed by atoms with van der Waals surface area (Å²) in [5.41, 5.74) is 6.93. The van der Waals surface area contributed by atoms with Gasteiger partial charge in [-0.15, -0.1) is 0 Å². The molecule has 1 aromatic heterocycles. The molecule has 6 nitrogen and oxygen atoms in total. The Morgan fingerprint density at radius 3 is 2.84 bits per heavy atom. The Morgan fingerprint density at radius 1 is 1.47 bits per heavy atom. The molecule has 2 aromatic rings. The van der Waals surface area contributed by atoms with Gasteiger partial charge in [0, 0.05) is 11.6 Å². The SMILES string of the molecule is NC1(c2ncc(-c3ccc(Cl)c([N+](=O)[O-])c3)[nH]2)CC1. The van der Waals surface area contributed by atoms with E-state index in [0.29, 0.717) is 11.3 Å². The molecule has 1 aliphatic rings. The van der Waals surface area contributed by atoms with E-state index >= 15 is 0 Å². The van der Waals surface area contributed by atoms with E-state index in [1.54, 1.807) is 12.3 Å². The van der Waals surface area contributed by atoms with Crippen LogP contribution in [0.1, 0.15) is 18.7 Å². The van der Waals surface area contributed by atoms with Gasteiger partial charge >= 0.3 is 0 Å². The Morgan fingerprint density at radius 2 is 2.21 bits per heavy atom. The van der Waals surface area contributed by atoms with Crippen LogP contribution in [0.3, 0.4) is 0 Å². The molecule has 0 radical (unpaired) electrons. The lowest BCUT2D eigenvalue weighted by molar-refractivity contribution is -0.384. The molecule has 3 N–H and O–H groups in total. The predicted molar refractivity (Wildman–Crippen MR) is 70.8 cm³/mol. The first-order chi connectivity index (χ1) is 8.99. The molecule has 0 bridgehead atoms. The van der Waals surface area contributed by atoms with Crippen LogP contribution in [0.15, 0.2) is 24.4 Å². The number of rotatable bonds is 3. The number of nitrogens with one attached hydrogen (secondary N) is 1. The first-order valence-corrected chi connectivity index (χ1v) is 6.16. The van der Waals surface area contributed by atoms with E-state index in [2.05, 4.69) is 9.97 Å². The van der Waals surface area contributed by atoms with Crippen LogP contribution >= 0.6 is 11.6 Å². The number of benzene rings is 1. The summed E-state index contributed by atoms with van der Waals surface area (Å²) in [5.74, 6) is 0.722. The van der Waals surface area contributed by atoms with Crippen molar-refractivity contribution in [2.24, 2.45) is 5.73 Å². The van der Waals surface area contributed by atoms with Gasteiger partial charge < -0.3 is 10.7 Å². The molecule has 0 atom stereocenters. The predicted octanol–water partition coefficient (Wildman–Crippen LogP) is 2.59. The van der Waals surface area contributed by atoms with E-state index in [-0.39, 0.29) is 16.2 Å². The molecule has 0 aliphatic heterocycles. The van der Waals surface area contributed by atoms with Crippen LogP contribution in [0, 0.1) is 10.1 Å². The Bertz CT molecular complexity index is 663. The molecule has 1 aromatic carbocycles. The molecule has 1 aliphatic carbocycles. The zero-order valence-electron chi connectivity index (χ0n) is 9.89. The molecule has 0 amide bonds. The fourth-order valence-corrected chi connectivity index (χ4v) is 2.10. The van der Waals surface area contributed by atoms with Gasteiger partial charge in [-0.3, -0.25) is 10.1 Å². The summed E-state index contributed by atoms with van der Waals surface area (Å²) >= 11 is 5.78. The first-order valence-electron chi connectivity index (χ1n) is 5.78. The number of imidazole rings is 1. The average Bonchev–Trinajstić information content (AvgIpc) is 2.93. The smallest absolute Gasteiger partial charge is 0.288 e. The van der Waals surface area contributed by atoms with Crippen LogP contribution in [0.2, 0.25) is 5.02 Å². The second-order valence-electron chi connectivity index (χ2n) is 4.72. The molecule has 19 heavy (non-hydrogen) atoms. The van der Waals surface area contributed by atoms with Gasteiger partial charge in [-0.05, 0) is 18.9 Å². The van der Waals surface area contributed by atoms with Gasteiger partial charge in [0.2, 0.25) is 0 Å². The van der Waals surface area contributed by atoms with Gasteiger partial charge in [-0.1, -0.05) is 17.7 Å². The van der Waals surface area contributed by atoms with Gasteiger partial charge in [0.15, 0.2) is 0 Å². The van der Waals surface area contributed by atoms with Crippen molar-refractivity contribution >= 4 is 17.3 Å². The van der Waals surface area contributed by atoms with E-state index < -0.39 is 4.92 Å². The summed E-state index contributed by atoms with van der Waals surface area (Å²) in [7, 11) is 0. The van der Waals surface area contributed by atoms with Crippen LogP contribution < -0.4 is 5.73 Å². The molecule has 1 fully saturated rings. The van der Waals surface area contributed by atoms with Crippen LogP contribution in [-0.4, -0.2) is 14.9 Å². The number of halogens is 1. The lowest BCUT2D eigenvalue weighted by atomic mass is 10.1. The number of hydrogen-bond donors (Lipinski definition) is 2. The third-order valence-corrected chi connectivity index (χ3v) is 3.61. The lowest BCUT2D eigenvalue weighted by Crippen LogP contribution is -2.20. The van der Waals surface area contributed by atoms with Crippen molar-refractivity contribution in [3.8, 4) is 11.3 Å². The van der Waals surface area contributed by atoms with Crippen LogP contribution in [0.25, 0.3) is 11.3 Å². The summed E-state index contributed by atoms with van der Waals surface area (Å²) in [5, 5.41) is 11.0. The fraction of sp³-hybridized carbons (Fsp3) is 0.250. The summed E-state index contributed by atoms with van der Waals surface area (Å²) < 4.78 is 0. The van der Waals surface area contributed by atoms with Gasteiger partial charge in [0.25, 0.3) is 5.69 Å². The van der Waals surface area contributed by atoms with E-state index in [9.17, 15) is 10.1 Å². The standard InChI is InChI=1S/C12H11ClN4O2/c13-8-2-1-7(5-10(8)17(18)19)9-6-15-11(16-9)12(14)3-4-12/h1-2,5-6H,3-4,14H2,(H,15,16). The maximum absolute atomic E-state index is 10.9. The maximum atomic E-state index is 10.9. The van der Waals surface area contributed by atoms with Crippen molar-refractivity contribution in [2.45, 2.75) is 18.4 Å². The number of nitrogens with zero attached hydrogens (tertiary/aromatic N) is 2. The largest absolute Gasteiger partial charge is 0.340 e. The topological polar surface area (TPSA) is 97.8 Å². The van der Waals surface area contributed by atoms with Crippen LogP contribution in [-0.2, 0) is 5.54 Å². The molecule has 0 saturated heterocycles. The Hall–Kier alpha value is -1.92. The zero-order valence-corrected chi connectivity index (χ0v) is 10.6. The molecule has 0 unspecified atom stereocenters. The first kappa shape index (κ1) is 12.1. The molecule has 3 rings (SSSR count). The number of aromatic nitrogens is 2. The van der Waals surface area contributed by atoms with Gasteiger partial charge in [0.1, 0.15) is 10.8 Å². The highest BCUT2D eigenvalue weighted by Crippen LogP contribution is 2.41. The van der Waals surface area contributed by atoms with Crippen LogP contribution in [0.5, 0.6) is 0 Å². The summed E-state index contributed by atoms with van der Waals surface area (Å²) in [6.07, 6.45) is 3.44. The van der Waals surface area contributed by atoms with Crippen molar-refractivity contribution in [3.63, 3.8) is 0 Å². The van der Waals surface area contributed by atoms with E-state index in [4.69, 9.17) is 17.3 Å². The number of nitro benzene ring substituents is 1. The van der Waals surface area contributed by atoms with Crippen molar-refractivity contribution in [2.75, 3.05) is 0 Å². The molecule has 1 heterocycles. The highest BCUT2D eigenvalue weighted by molar-refractivity contribution is 6.32. The number of aromatic amines is 1. The zero-order chi connectivity index (χ0) is 13.6. The molecule has 7 heteroatoms. The summed E-state index contributed by atoms with van der Waals surface area (Å²) in [6, 6.07) is 4.64. The van der Waals surface area contributed by atoms with Crippen molar-refractivity contribution in [3.05, 3.63) is 45.4 Å². The van der Waals surface area contributed by atoms with Gasteiger partial charge in [-0.2, -0.15) is 0 Å². The van der Waals surface area contributed by atoms with Crippen molar-refractivity contribution in [1.82, 2.24) is 9.97 Å². The third kappa shape index (κ3) is 2.09. The molecule has 0 spiro atoms. The van der Waals surface area contributed by atoms with Gasteiger partial charge in [0.05, 0.1) is 22.4 Å². The fourth-order valence-electron chi connectivity index (χ4n) is 1.91. The monoisotopic (exact) mass is 278 g/mol. The quantitative estimate of drug-likeness (QED) is 0.666. The summed E-state index contributed by atoms with van der Waals surface area (Å²) in [4.78, 5) is 17.7. The van der Waals surface area contributed by atoms with E-state index in [0.717, 1.165) is 18.7 Å². The second-order valence-corrected chi connectivity index (χ2v) is 5.13. The van der Waals surface area contributed by atoms with E-state index in [1.807, 2.05) is 0 Å². The number of nitrogens with two attached hydrogens (primary N) is 1. The maximum Gasteiger partial charge on any atom is 0.288 e. The minimum Gasteiger partial charge on any atom is -0.340 e. The average molecular weight is 279 g/mol. The third-order valence-electron chi connectivity index (χ3n) is 3.29. The normalized spacial score (nSPS) is 16.3. The summed E-state index contributed by atoms with van der Waals surface area (Å²) in [6.45, 7) is 0. The van der Waals surface area contributed by atoms with Gasteiger partial charge in [-0.25, -0.2) is 4.98 Å². The number of H-pyrrole nitrogens is 1. The lowest BCUT2D eigenvalue weighted by Gasteiger charge is -2.03. The Labute approximate surface area is 113 Å². The van der Waals surface area contributed by atoms with Crippen molar-refractivity contribution < 1.29 is 4.92 Å². The highest BCUT2D eigenvalue weighted by atomic mass is 35.5. The Kier molecular flexibility index (Phi) is 2.58. The van der Waals surface area contributed by atoms with E-state index in [1.165, 1.54) is 12.1 Å². The number of nitro groups is 1. The molecule has 1 saturated carbocycles. The van der Waals surface area contributed by atoms with Crippen molar-refractivity contribution in [1.29, 1.82) is 0 Å².